The molecule has 21 heavy (non-hydrogen) atoms. The van der Waals surface area contributed by atoms with Gasteiger partial charge in [-0.15, -0.1) is 0 Å². The molecule has 5 nitrogen and oxygen atoms in total. The Bertz CT molecular complexity index is 591. The van der Waals surface area contributed by atoms with Crippen LogP contribution in [0.5, 0.6) is 0 Å². The first-order valence-corrected chi connectivity index (χ1v) is 9.16. The first-order chi connectivity index (χ1) is 9.79. The van der Waals surface area contributed by atoms with Crippen molar-refractivity contribution >= 4 is 21.2 Å². The number of sulfone groups is 1. The number of nitrogens with zero attached hydrogens (tertiary/aromatic N) is 2. The van der Waals surface area contributed by atoms with Crippen molar-refractivity contribution in [1.82, 2.24) is 4.90 Å². The molecule has 0 unspecified atom stereocenters. The van der Waals surface area contributed by atoms with Gasteiger partial charge in [0, 0.05) is 25.9 Å². The van der Waals surface area contributed by atoms with E-state index in [1.165, 1.54) is 6.26 Å². The van der Waals surface area contributed by atoms with E-state index in [2.05, 4.69) is 23.9 Å². The van der Waals surface area contributed by atoms with Crippen LogP contribution in [0.1, 0.15) is 12.8 Å². The van der Waals surface area contributed by atoms with Gasteiger partial charge < -0.3 is 15.5 Å². The molecule has 1 aliphatic heterocycles. The lowest BCUT2D eigenvalue weighted by Crippen LogP contribution is -2.37. The second-order valence-electron chi connectivity index (χ2n) is 6.15. The first-order valence-electron chi connectivity index (χ1n) is 7.27. The van der Waals surface area contributed by atoms with Gasteiger partial charge in [0.1, 0.15) is 0 Å². The number of hydrogen-bond donors (Lipinski definition) is 1. The van der Waals surface area contributed by atoms with Crippen LogP contribution in [0.4, 0.5) is 11.4 Å². The highest BCUT2D eigenvalue weighted by atomic mass is 32.2. The van der Waals surface area contributed by atoms with Crippen molar-refractivity contribution in [1.29, 1.82) is 0 Å². The van der Waals surface area contributed by atoms with Crippen molar-refractivity contribution < 1.29 is 8.42 Å². The molecule has 2 N–H and O–H groups in total. The van der Waals surface area contributed by atoms with Gasteiger partial charge in [0.05, 0.1) is 16.3 Å². The number of rotatable bonds is 4. The summed E-state index contributed by atoms with van der Waals surface area (Å²) in [7, 11) is 0.915. The number of benzene rings is 1. The van der Waals surface area contributed by atoms with Gasteiger partial charge in [-0.3, -0.25) is 0 Å². The Balaban J connectivity index is 2.14. The monoisotopic (exact) mass is 311 g/mol. The minimum absolute atomic E-state index is 0.232. The van der Waals surface area contributed by atoms with Crippen molar-refractivity contribution in [3.63, 3.8) is 0 Å². The van der Waals surface area contributed by atoms with E-state index < -0.39 is 9.84 Å². The number of nitrogen functional groups attached to an aromatic ring is 1. The van der Waals surface area contributed by atoms with E-state index in [9.17, 15) is 8.42 Å². The van der Waals surface area contributed by atoms with Crippen LogP contribution in [0.3, 0.4) is 0 Å². The molecule has 0 atom stereocenters. The molecule has 6 heteroatoms. The second kappa shape index (κ2) is 6.23. The molecule has 2 rings (SSSR count). The predicted molar refractivity (Wildman–Crippen MR) is 87.5 cm³/mol. The highest BCUT2D eigenvalue weighted by Crippen LogP contribution is 2.32. The fourth-order valence-electron chi connectivity index (χ4n) is 3.00. The maximum absolute atomic E-state index is 11.8. The summed E-state index contributed by atoms with van der Waals surface area (Å²) < 4.78 is 23.5. The molecule has 1 fully saturated rings. The molecular weight excluding hydrogens is 286 g/mol. The highest BCUT2D eigenvalue weighted by molar-refractivity contribution is 7.90. The van der Waals surface area contributed by atoms with Gasteiger partial charge in [-0.1, -0.05) is 6.07 Å². The van der Waals surface area contributed by atoms with Crippen LogP contribution in [0.2, 0.25) is 0 Å². The summed E-state index contributed by atoms with van der Waals surface area (Å²) in [5.74, 6) is 0.704. The summed E-state index contributed by atoms with van der Waals surface area (Å²) in [6.45, 7) is 2.96. The molecule has 118 valence electrons. The summed E-state index contributed by atoms with van der Waals surface area (Å²) in [4.78, 5) is 4.66. The first kappa shape index (κ1) is 16.1. The molecule has 0 bridgehead atoms. The maximum atomic E-state index is 11.8. The third kappa shape index (κ3) is 3.89. The number of hydrogen-bond acceptors (Lipinski definition) is 5. The lowest BCUT2D eigenvalue weighted by Gasteiger charge is -2.35. The third-order valence-electron chi connectivity index (χ3n) is 4.02. The van der Waals surface area contributed by atoms with Gasteiger partial charge in [0.2, 0.25) is 0 Å². The molecule has 0 saturated carbocycles. The Kier molecular flexibility index (Phi) is 4.78. The van der Waals surface area contributed by atoms with Gasteiger partial charge in [-0.25, -0.2) is 8.42 Å². The van der Waals surface area contributed by atoms with Gasteiger partial charge >= 0.3 is 0 Å². The summed E-state index contributed by atoms with van der Waals surface area (Å²) in [5, 5.41) is 0. The Hall–Kier alpha value is -1.27. The number of para-hydroxylation sites is 1. The zero-order valence-corrected chi connectivity index (χ0v) is 13.9. The van der Waals surface area contributed by atoms with Crippen LogP contribution in [0, 0.1) is 5.92 Å². The Morgan fingerprint density at radius 2 is 1.90 bits per heavy atom. The van der Waals surface area contributed by atoms with Gasteiger partial charge in [-0.05, 0) is 45.0 Å². The zero-order chi connectivity index (χ0) is 15.6. The van der Waals surface area contributed by atoms with E-state index in [0.29, 0.717) is 11.6 Å². The minimum atomic E-state index is -3.28. The van der Waals surface area contributed by atoms with E-state index in [0.717, 1.165) is 38.2 Å². The molecule has 1 saturated heterocycles. The van der Waals surface area contributed by atoms with Crippen LogP contribution in [-0.2, 0) is 9.84 Å². The molecule has 1 aromatic carbocycles. The van der Waals surface area contributed by atoms with E-state index in [1.807, 2.05) is 6.07 Å². The van der Waals surface area contributed by atoms with E-state index in [1.54, 1.807) is 12.1 Å². The fraction of sp³-hybridized carbons (Fsp3) is 0.600. The van der Waals surface area contributed by atoms with Crippen LogP contribution in [0.15, 0.2) is 23.1 Å². The quantitative estimate of drug-likeness (QED) is 0.853. The SMILES string of the molecule is CN(C)CC1CCN(c2cccc(S(C)(=O)=O)c2N)CC1. The molecule has 0 amide bonds. The molecule has 0 radical (unpaired) electrons. The lowest BCUT2D eigenvalue weighted by atomic mass is 9.96. The largest absolute Gasteiger partial charge is 0.396 e. The minimum Gasteiger partial charge on any atom is -0.396 e. The van der Waals surface area contributed by atoms with E-state index >= 15 is 0 Å². The smallest absolute Gasteiger partial charge is 0.177 e. The maximum Gasteiger partial charge on any atom is 0.177 e. The lowest BCUT2D eigenvalue weighted by molar-refractivity contribution is 0.285. The van der Waals surface area contributed by atoms with Gasteiger partial charge in [0.15, 0.2) is 9.84 Å². The van der Waals surface area contributed by atoms with Crippen LogP contribution in [-0.4, -0.2) is 53.3 Å². The van der Waals surface area contributed by atoms with Gasteiger partial charge in [0.25, 0.3) is 0 Å². The summed E-state index contributed by atoms with van der Waals surface area (Å²) >= 11 is 0. The van der Waals surface area contributed by atoms with E-state index in [-0.39, 0.29) is 4.90 Å². The van der Waals surface area contributed by atoms with Crippen molar-refractivity contribution in [3.05, 3.63) is 18.2 Å². The average Bonchev–Trinajstić information content (AvgIpc) is 2.38. The third-order valence-corrected chi connectivity index (χ3v) is 5.18. The normalized spacial score (nSPS) is 17.4. The number of nitrogens with two attached hydrogens (primary N) is 1. The standard InChI is InChI=1S/C15H25N3O2S/c1-17(2)11-12-7-9-18(10-8-12)13-5-4-6-14(15(13)16)21(3,19)20/h4-6,12H,7-11,16H2,1-3H3. The summed E-state index contributed by atoms with van der Waals surface area (Å²) in [6, 6.07) is 5.26. The molecule has 0 spiro atoms. The summed E-state index contributed by atoms with van der Waals surface area (Å²) in [6.07, 6.45) is 3.42. The Morgan fingerprint density at radius 3 is 2.43 bits per heavy atom. The number of anilines is 2. The van der Waals surface area contributed by atoms with Crippen molar-refractivity contribution in [2.24, 2.45) is 5.92 Å². The van der Waals surface area contributed by atoms with Crippen LogP contribution >= 0.6 is 0 Å². The molecule has 0 aromatic heterocycles. The van der Waals surface area contributed by atoms with Crippen molar-refractivity contribution in [3.8, 4) is 0 Å². The molecule has 0 aliphatic carbocycles. The van der Waals surface area contributed by atoms with Crippen molar-refractivity contribution in [2.45, 2.75) is 17.7 Å². The fourth-order valence-corrected chi connectivity index (χ4v) is 3.83. The van der Waals surface area contributed by atoms with Gasteiger partial charge in [-0.2, -0.15) is 0 Å². The molecule has 1 aliphatic rings. The van der Waals surface area contributed by atoms with Crippen LogP contribution < -0.4 is 10.6 Å². The Morgan fingerprint density at radius 1 is 1.29 bits per heavy atom. The predicted octanol–water partition coefficient (Wildman–Crippen LogP) is 1.45. The van der Waals surface area contributed by atoms with Crippen molar-refractivity contribution in [2.75, 3.05) is 50.6 Å². The van der Waals surface area contributed by atoms with E-state index in [4.69, 9.17) is 5.73 Å². The highest BCUT2D eigenvalue weighted by Gasteiger charge is 2.23. The molecular formula is C15H25N3O2S. The summed E-state index contributed by atoms with van der Waals surface area (Å²) in [5.41, 5.74) is 7.32. The molecule has 1 heterocycles. The van der Waals surface area contributed by atoms with Crippen LogP contribution in [0.25, 0.3) is 0 Å². The number of piperidine rings is 1. The topological polar surface area (TPSA) is 66.6 Å². The second-order valence-corrected chi connectivity index (χ2v) is 8.14. The Labute approximate surface area is 127 Å². The average molecular weight is 311 g/mol. The molecule has 1 aromatic rings. The zero-order valence-electron chi connectivity index (χ0n) is 13.0.